The maximum absolute atomic E-state index is 2.45. The third kappa shape index (κ3) is 4.62. The molecule has 0 aromatic heterocycles. The first kappa shape index (κ1) is 27.4. The normalized spacial score (nSPS) is 12.1. The van der Waals surface area contributed by atoms with Crippen molar-refractivity contribution in [1.82, 2.24) is 0 Å². The third-order valence-corrected chi connectivity index (χ3v) is 9.55. The van der Waals surface area contributed by atoms with Crippen LogP contribution in [0, 0.1) is 13.8 Å². The van der Waals surface area contributed by atoms with Gasteiger partial charge in [-0.25, -0.2) is 0 Å². The van der Waals surface area contributed by atoms with Crippen LogP contribution in [0.1, 0.15) is 37.5 Å². The second kappa shape index (κ2) is 10.2. The van der Waals surface area contributed by atoms with Crippen LogP contribution in [0.4, 0.5) is 17.1 Å². The summed E-state index contributed by atoms with van der Waals surface area (Å²) in [6.07, 6.45) is 0. The summed E-state index contributed by atoms with van der Waals surface area (Å²) < 4.78 is 0. The summed E-state index contributed by atoms with van der Waals surface area (Å²) in [6, 6.07) is 49.6. The Labute approximate surface area is 266 Å². The summed E-state index contributed by atoms with van der Waals surface area (Å²) in [5, 5.41) is 5.11. The minimum Gasteiger partial charge on any atom is -0.310 e. The largest absolute Gasteiger partial charge is 0.310 e. The summed E-state index contributed by atoms with van der Waals surface area (Å²) >= 11 is 0. The van der Waals surface area contributed by atoms with Gasteiger partial charge in [0.2, 0.25) is 0 Å². The van der Waals surface area contributed by atoms with Crippen molar-refractivity contribution >= 4 is 38.6 Å². The molecule has 1 nitrogen and oxygen atoms in total. The van der Waals surface area contributed by atoms with Crippen molar-refractivity contribution < 1.29 is 0 Å². The predicted molar refractivity (Wildman–Crippen MR) is 194 cm³/mol. The van der Waals surface area contributed by atoms with E-state index in [9.17, 15) is 0 Å². The lowest BCUT2D eigenvalue weighted by Crippen LogP contribution is -2.16. The van der Waals surface area contributed by atoms with Crippen LogP contribution in [0.25, 0.3) is 54.9 Å². The van der Waals surface area contributed by atoms with Gasteiger partial charge in [-0.15, -0.1) is 0 Å². The van der Waals surface area contributed by atoms with Crippen LogP contribution in [0.5, 0.6) is 0 Å². The van der Waals surface area contributed by atoms with Crippen LogP contribution in [-0.4, -0.2) is 0 Å². The van der Waals surface area contributed by atoms with Gasteiger partial charge in [-0.2, -0.15) is 0 Å². The Morgan fingerprint density at radius 2 is 1.00 bits per heavy atom. The Kier molecular flexibility index (Phi) is 6.22. The van der Waals surface area contributed by atoms with Gasteiger partial charge in [-0.1, -0.05) is 99.6 Å². The Morgan fingerprint density at radius 1 is 0.422 bits per heavy atom. The number of nitrogens with zero attached hydrogens (tertiary/aromatic N) is 1. The van der Waals surface area contributed by atoms with E-state index in [4.69, 9.17) is 0 Å². The molecule has 0 N–H and O–H groups in total. The lowest BCUT2D eigenvalue weighted by molar-refractivity contribution is 0.590. The molecule has 218 valence electrons. The van der Waals surface area contributed by atoms with E-state index in [0.717, 1.165) is 0 Å². The number of para-hydroxylation sites is 1. The Morgan fingerprint density at radius 3 is 1.67 bits per heavy atom. The number of anilines is 3. The summed E-state index contributed by atoms with van der Waals surface area (Å²) in [4.78, 5) is 2.45. The summed E-state index contributed by atoms with van der Waals surface area (Å²) in [7, 11) is 0. The molecule has 7 aromatic rings. The van der Waals surface area contributed by atoms with E-state index >= 15 is 0 Å². The molecule has 0 radical (unpaired) electrons. The number of aryl methyl sites for hydroxylation is 2. The van der Waals surface area contributed by atoms with E-state index in [1.165, 1.54) is 88.7 Å². The average molecular weight is 580 g/mol. The number of hydrogen-bond acceptors (Lipinski definition) is 1. The first-order valence-electron chi connectivity index (χ1n) is 15.9. The molecule has 0 atom stereocenters. The van der Waals surface area contributed by atoms with Crippen LogP contribution in [0.2, 0.25) is 0 Å². The molecule has 1 aliphatic carbocycles. The molecule has 8 rings (SSSR count). The summed E-state index contributed by atoms with van der Waals surface area (Å²) in [5.41, 5.74) is 15.4. The Balaban J connectivity index is 1.24. The highest BCUT2D eigenvalue weighted by Gasteiger charge is 2.25. The van der Waals surface area contributed by atoms with Crippen molar-refractivity contribution in [2.24, 2.45) is 0 Å². The molecule has 0 saturated heterocycles. The molecule has 1 heteroatoms. The Hall–Kier alpha value is -5.14. The van der Waals surface area contributed by atoms with Crippen molar-refractivity contribution in [3.8, 4) is 33.4 Å². The van der Waals surface area contributed by atoms with E-state index < -0.39 is 0 Å². The second-order valence-electron chi connectivity index (χ2n) is 13.6. The number of rotatable bonds is 4. The van der Waals surface area contributed by atoms with E-state index in [0.29, 0.717) is 0 Å². The van der Waals surface area contributed by atoms with Gasteiger partial charge in [0.05, 0.1) is 0 Å². The zero-order valence-corrected chi connectivity index (χ0v) is 26.6. The topological polar surface area (TPSA) is 3.24 Å². The van der Waals surface area contributed by atoms with Gasteiger partial charge in [0.1, 0.15) is 0 Å². The highest BCUT2D eigenvalue weighted by Crippen LogP contribution is 2.51. The van der Waals surface area contributed by atoms with Crippen LogP contribution in [0.3, 0.4) is 0 Å². The fourth-order valence-corrected chi connectivity index (χ4v) is 6.90. The van der Waals surface area contributed by atoms with Gasteiger partial charge in [-0.3, -0.25) is 0 Å². The zero-order chi connectivity index (χ0) is 30.9. The van der Waals surface area contributed by atoms with Crippen molar-refractivity contribution in [2.45, 2.75) is 40.0 Å². The standard InChI is InChI=1S/C44H37N/c1-28-11-9-10-14-42(28)45(43-27-36(44(3,4)5)19-15-29(43)2)37-20-18-33-24-39-40-25-34-21-31(30-12-7-6-8-13-30)16-17-32(34)23-38(40)41(39)26-35(33)22-37/h6-27H,1-5H3. The Bertz CT molecular complexity index is 2270. The minimum absolute atomic E-state index is 0.0617. The highest BCUT2D eigenvalue weighted by atomic mass is 15.1. The maximum atomic E-state index is 2.45. The molecule has 0 bridgehead atoms. The SMILES string of the molecule is Cc1ccccc1N(c1ccc2cc3c(cc2c1)-c1cc2ccc(-c4ccccc4)cc2cc1-3)c1cc(C(C)(C)C)ccc1C. The quantitative estimate of drug-likeness (QED) is 0.200. The number of hydrogen-bond donors (Lipinski definition) is 0. The van der Waals surface area contributed by atoms with Gasteiger partial charge in [0, 0.05) is 17.1 Å². The van der Waals surface area contributed by atoms with Crippen molar-refractivity contribution in [2.75, 3.05) is 4.90 Å². The average Bonchev–Trinajstić information content (AvgIpc) is 3.04. The van der Waals surface area contributed by atoms with Crippen molar-refractivity contribution in [3.63, 3.8) is 0 Å². The summed E-state index contributed by atoms with van der Waals surface area (Å²) in [6.45, 7) is 11.3. The first-order valence-corrected chi connectivity index (χ1v) is 15.9. The van der Waals surface area contributed by atoms with Crippen LogP contribution in [-0.2, 0) is 5.41 Å². The van der Waals surface area contributed by atoms with Crippen LogP contribution < -0.4 is 4.90 Å². The molecule has 0 amide bonds. The second-order valence-corrected chi connectivity index (χ2v) is 13.6. The molecule has 0 heterocycles. The zero-order valence-electron chi connectivity index (χ0n) is 26.6. The first-order chi connectivity index (χ1) is 21.7. The van der Waals surface area contributed by atoms with Crippen LogP contribution in [0.15, 0.2) is 133 Å². The van der Waals surface area contributed by atoms with Gasteiger partial charge in [-0.05, 0) is 145 Å². The molecule has 0 unspecified atom stereocenters. The molecule has 0 saturated carbocycles. The summed E-state index contributed by atoms with van der Waals surface area (Å²) in [5.74, 6) is 0. The fourth-order valence-electron chi connectivity index (χ4n) is 6.90. The number of benzene rings is 7. The molecule has 45 heavy (non-hydrogen) atoms. The van der Waals surface area contributed by atoms with E-state index in [1.807, 2.05) is 0 Å². The fraction of sp³-hybridized carbons (Fsp3) is 0.136. The molecular weight excluding hydrogens is 542 g/mol. The predicted octanol–water partition coefficient (Wildman–Crippen LogP) is 12.7. The monoisotopic (exact) mass is 579 g/mol. The molecule has 0 fully saturated rings. The smallest absolute Gasteiger partial charge is 0.0493 e. The molecule has 0 aliphatic heterocycles. The van der Waals surface area contributed by atoms with Crippen LogP contribution >= 0.6 is 0 Å². The van der Waals surface area contributed by atoms with Crippen molar-refractivity contribution in [1.29, 1.82) is 0 Å². The maximum Gasteiger partial charge on any atom is 0.0493 e. The molecule has 0 spiro atoms. The molecular formula is C44H37N. The van der Waals surface area contributed by atoms with Crippen molar-refractivity contribution in [3.05, 3.63) is 150 Å². The van der Waals surface area contributed by atoms with E-state index in [-0.39, 0.29) is 5.41 Å². The number of fused-ring (bicyclic) bond motifs is 6. The van der Waals surface area contributed by atoms with E-state index in [1.54, 1.807) is 0 Å². The molecule has 1 aliphatic rings. The van der Waals surface area contributed by atoms with Gasteiger partial charge in [0.25, 0.3) is 0 Å². The lowest BCUT2D eigenvalue weighted by atomic mass is 9.77. The van der Waals surface area contributed by atoms with Gasteiger partial charge >= 0.3 is 0 Å². The lowest BCUT2D eigenvalue weighted by Gasteiger charge is -2.31. The molecule has 7 aromatic carbocycles. The minimum atomic E-state index is 0.0617. The van der Waals surface area contributed by atoms with E-state index in [2.05, 4.69) is 173 Å². The highest BCUT2D eigenvalue weighted by molar-refractivity contribution is 6.12. The van der Waals surface area contributed by atoms with Gasteiger partial charge in [0.15, 0.2) is 0 Å². The van der Waals surface area contributed by atoms with Gasteiger partial charge < -0.3 is 4.90 Å². The third-order valence-electron chi connectivity index (χ3n) is 9.55.